The summed E-state index contributed by atoms with van der Waals surface area (Å²) >= 11 is 1.73. The maximum atomic E-state index is 12.0. The van der Waals surface area contributed by atoms with E-state index in [2.05, 4.69) is 10.6 Å². The molecule has 1 atom stereocenters. The van der Waals surface area contributed by atoms with Crippen LogP contribution >= 0.6 is 11.8 Å². The van der Waals surface area contributed by atoms with E-state index in [0.717, 1.165) is 35.8 Å². The van der Waals surface area contributed by atoms with Gasteiger partial charge >= 0.3 is 0 Å². The molecule has 2 fully saturated rings. The Morgan fingerprint density at radius 1 is 1.38 bits per heavy atom. The molecule has 1 aromatic rings. The second kappa shape index (κ2) is 6.49. The van der Waals surface area contributed by atoms with Crippen molar-refractivity contribution in [3.05, 3.63) is 29.8 Å². The molecule has 6 heteroatoms. The van der Waals surface area contributed by atoms with Gasteiger partial charge in [0.15, 0.2) is 0 Å². The number of likely N-dealkylation sites (tertiary alicyclic amines) is 1. The number of nitrogens with zero attached hydrogens (tertiary/aromatic N) is 1. The van der Waals surface area contributed by atoms with E-state index in [9.17, 15) is 9.59 Å². The molecule has 2 amide bonds. The number of thioether (sulfide) groups is 1. The molecule has 2 aliphatic heterocycles. The summed E-state index contributed by atoms with van der Waals surface area (Å²) < 4.78 is 0. The van der Waals surface area contributed by atoms with Crippen LogP contribution in [0.4, 0.5) is 5.69 Å². The van der Waals surface area contributed by atoms with Crippen LogP contribution in [0, 0.1) is 0 Å². The van der Waals surface area contributed by atoms with Crippen molar-refractivity contribution < 1.29 is 9.59 Å². The molecule has 0 saturated carbocycles. The summed E-state index contributed by atoms with van der Waals surface area (Å²) in [7, 11) is 0. The van der Waals surface area contributed by atoms with Gasteiger partial charge in [0, 0.05) is 36.8 Å². The molecule has 2 N–H and O–H groups in total. The smallest absolute Gasteiger partial charge is 0.242 e. The van der Waals surface area contributed by atoms with E-state index in [1.807, 2.05) is 29.2 Å². The first-order valence-electron chi connectivity index (χ1n) is 7.21. The van der Waals surface area contributed by atoms with Gasteiger partial charge < -0.3 is 10.2 Å². The predicted octanol–water partition coefficient (Wildman–Crippen LogP) is 1.41. The van der Waals surface area contributed by atoms with Crippen LogP contribution in [0.15, 0.2) is 24.3 Å². The SMILES string of the molecule is O=C(Nc1ccc(CN2CCCC2=O)cc1)C1CSCN1. The maximum absolute atomic E-state index is 12.0. The quantitative estimate of drug-likeness (QED) is 0.883. The van der Waals surface area contributed by atoms with Crippen molar-refractivity contribution in [2.24, 2.45) is 0 Å². The summed E-state index contributed by atoms with van der Waals surface area (Å²) in [4.78, 5) is 25.5. The summed E-state index contributed by atoms with van der Waals surface area (Å²) in [5.74, 6) is 1.90. The third-order valence-electron chi connectivity index (χ3n) is 3.80. The maximum Gasteiger partial charge on any atom is 0.242 e. The lowest BCUT2D eigenvalue weighted by molar-refractivity contribution is -0.128. The molecule has 0 aromatic heterocycles. The molecular formula is C15H19N3O2S. The first-order valence-corrected chi connectivity index (χ1v) is 8.36. The molecule has 2 aliphatic rings. The molecule has 3 rings (SSSR count). The van der Waals surface area contributed by atoms with Crippen LogP contribution in [0.1, 0.15) is 18.4 Å². The molecule has 21 heavy (non-hydrogen) atoms. The van der Waals surface area contributed by atoms with Gasteiger partial charge in [-0.3, -0.25) is 14.9 Å². The number of rotatable bonds is 4. The van der Waals surface area contributed by atoms with Crippen LogP contribution in [0.5, 0.6) is 0 Å². The zero-order valence-electron chi connectivity index (χ0n) is 11.8. The average Bonchev–Trinajstić information content (AvgIpc) is 3.14. The molecular weight excluding hydrogens is 286 g/mol. The lowest BCUT2D eigenvalue weighted by Crippen LogP contribution is -2.37. The third kappa shape index (κ3) is 3.57. The highest BCUT2D eigenvalue weighted by Crippen LogP contribution is 2.17. The summed E-state index contributed by atoms with van der Waals surface area (Å²) in [5, 5.41) is 6.07. The molecule has 1 aromatic carbocycles. The zero-order valence-corrected chi connectivity index (χ0v) is 12.6. The number of amides is 2. The molecule has 0 radical (unpaired) electrons. The highest BCUT2D eigenvalue weighted by Gasteiger charge is 2.22. The van der Waals surface area contributed by atoms with Gasteiger partial charge in [-0.15, -0.1) is 11.8 Å². The molecule has 5 nitrogen and oxygen atoms in total. The van der Waals surface area contributed by atoms with Crippen molar-refractivity contribution in [1.29, 1.82) is 0 Å². The Labute approximate surface area is 128 Å². The van der Waals surface area contributed by atoms with Gasteiger partial charge in [0.25, 0.3) is 0 Å². The van der Waals surface area contributed by atoms with Crippen molar-refractivity contribution in [1.82, 2.24) is 10.2 Å². The number of carbonyl (C=O) groups excluding carboxylic acids is 2. The van der Waals surface area contributed by atoms with Crippen molar-refractivity contribution in [2.75, 3.05) is 23.5 Å². The predicted molar refractivity (Wildman–Crippen MR) is 84.0 cm³/mol. The van der Waals surface area contributed by atoms with Gasteiger partial charge in [-0.05, 0) is 24.1 Å². The fourth-order valence-corrected chi connectivity index (χ4v) is 3.52. The average molecular weight is 305 g/mol. The lowest BCUT2D eigenvalue weighted by Gasteiger charge is -2.16. The summed E-state index contributed by atoms with van der Waals surface area (Å²) in [6.45, 7) is 1.51. The molecule has 0 aliphatic carbocycles. The normalized spacial score (nSPS) is 21.8. The van der Waals surface area contributed by atoms with Gasteiger partial charge in [-0.2, -0.15) is 0 Å². The molecule has 112 valence electrons. The first kappa shape index (κ1) is 14.4. The van der Waals surface area contributed by atoms with E-state index in [0.29, 0.717) is 13.0 Å². The van der Waals surface area contributed by atoms with Crippen molar-refractivity contribution in [3.8, 4) is 0 Å². The van der Waals surface area contributed by atoms with Crippen LogP contribution in [0.3, 0.4) is 0 Å². The third-order valence-corrected chi connectivity index (χ3v) is 4.74. The Morgan fingerprint density at radius 2 is 2.19 bits per heavy atom. The molecule has 2 saturated heterocycles. The van der Waals surface area contributed by atoms with Gasteiger partial charge in [0.2, 0.25) is 11.8 Å². The monoisotopic (exact) mass is 305 g/mol. The van der Waals surface area contributed by atoms with Crippen LogP contribution in [-0.4, -0.2) is 40.9 Å². The Balaban J connectivity index is 1.56. The van der Waals surface area contributed by atoms with E-state index >= 15 is 0 Å². The van der Waals surface area contributed by atoms with Crippen molar-refractivity contribution in [2.45, 2.75) is 25.4 Å². The van der Waals surface area contributed by atoms with E-state index < -0.39 is 0 Å². The Bertz CT molecular complexity index is 526. The Hall–Kier alpha value is -1.53. The second-order valence-corrected chi connectivity index (χ2v) is 6.41. The molecule has 2 heterocycles. The minimum absolute atomic E-state index is 0.0162. The van der Waals surface area contributed by atoms with Gasteiger partial charge in [0.1, 0.15) is 0 Å². The minimum atomic E-state index is -0.100. The minimum Gasteiger partial charge on any atom is -0.338 e. The zero-order chi connectivity index (χ0) is 14.7. The van der Waals surface area contributed by atoms with E-state index in [4.69, 9.17) is 0 Å². The summed E-state index contributed by atoms with van der Waals surface area (Å²) in [5.41, 5.74) is 1.90. The fourth-order valence-electron chi connectivity index (χ4n) is 2.58. The molecule has 0 bridgehead atoms. The van der Waals surface area contributed by atoms with Gasteiger partial charge in [-0.25, -0.2) is 0 Å². The lowest BCUT2D eigenvalue weighted by atomic mass is 10.2. The van der Waals surface area contributed by atoms with Crippen LogP contribution < -0.4 is 10.6 Å². The van der Waals surface area contributed by atoms with Crippen LogP contribution in [-0.2, 0) is 16.1 Å². The Kier molecular flexibility index (Phi) is 4.45. The summed E-state index contributed by atoms with van der Waals surface area (Å²) in [6, 6.07) is 7.64. The van der Waals surface area contributed by atoms with Crippen LogP contribution in [0.2, 0.25) is 0 Å². The second-order valence-electron chi connectivity index (χ2n) is 5.38. The first-order chi connectivity index (χ1) is 10.2. The van der Waals surface area contributed by atoms with E-state index in [1.54, 1.807) is 11.8 Å². The van der Waals surface area contributed by atoms with E-state index in [1.165, 1.54) is 0 Å². The molecule has 0 spiro atoms. The number of carbonyl (C=O) groups is 2. The largest absolute Gasteiger partial charge is 0.338 e. The highest BCUT2D eigenvalue weighted by molar-refractivity contribution is 7.99. The highest BCUT2D eigenvalue weighted by atomic mass is 32.2. The Morgan fingerprint density at radius 3 is 2.81 bits per heavy atom. The number of benzene rings is 1. The topological polar surface area (TPSA) is 61.4 Å². The van der Waals surface area contributed by atoms with Crippen molar-refractivity contribution in [3.63, 3.8) is 0 Å². The number of anilines is 1. The van der Waals surface area contributed by atoms with Crippen LogP contribution in [0.25, 0.3) is 0 Å². The number of hydrogen-bond acceptors (Lipinski definition) is 4. The number of nitrogens with one attached hydrogen (secondary N) is 2. The van der Waals surface area contributed by atoms with Crippen molar-refractivity contribution >= 4 is 29.3 Å². The molecule has 1 unspecified atom stereocenters. The number of hydrogen-bond donors (Lipinski definition) is 2. The summed E-state index contributed by atoms with van der Waals surface area (Å²) in [6.07, 6.45) is 1.62. The standard InChI is InChI=1S/C15H19N3O2S/c19-14-2-1-7-18(14)8-11-3-5-12(6-4-11)17-15(20)13-9-21-10-16-13/h3-6,13,16H,1-2,7-10H2,(H,17,20). The van der Waals surface area contributed by atoms with E-state index in [-0.39, 0.29) is 17.9 Å². The van der Waals surface area contributed by atoms with Gasteiger partial charge in [0.05, 0.1) is 6.04 Å². The van der Waals surface area contributed by atoms with Gasteiger partial charge in [-0.1, -0.05) is 12.1 Å². The fraction of sp³-hybridized carbons (Fsp3) is 0.467.